The Morgan fingerprint density at radius 3 is 2.37 bits per heavy atom. The Hall–Kier alpha value is -4.17. The first-order chi connectivity index (χ1) is 23.8. The van der Waals surface area contributed by atoms with Crippen LogP contribution in [0.5, 0.6) is 0 Å². The Balaban J connectivity index is 0.000000182. The Kier molecular flexibility index (Phi) is 10.1. The topological polar surface area (TPSA) is 69.6 Å². The van der Waals surface area contributed by atoms with Gasteiger partial charge in [0.15, 0.2) is 0 Å². The van der Waals surface area contributed by atoms with Gasteiger partial charge in [0.1, 0.15) is 0 Å². The van der Waals surface area contributed by atoms with Gasteiger partial charge >= 0.3 is 132 Å². The molecule has 0 amide bonds. The van der Waals surface area contributed by atoms with Gasteiger partial charge in [-0.1, -0.05) is 17.9 Å². The third kappa shape index (κ3) is 7.30. The molecule has 0 saturated carbocycles. The normalized spacial score (nSPS) is 11.9. The maximum absolute atomic E-state index is 6.16. The predicted octanol–water partition coefficient (Wildman–Crippen LogP) is 10.2. The first kappa shape index (κ1) is 36.6. The molecule has 261 valence electrons. The molecule has 5 aromatic heterocycles. The van der Waals surface area contributed by atoms with Crippen LogP contribution in [0.2, 0.25) is 17.3 Å². The van der Waals surface area contributed by atoms with Crippen molar-refractivity contribution in [1.29, 1.82) is 0 Å². The summed E-state index contributed by atoms with van der Waals surface area (Å²) < 4.78 is 9.80. The smallest absolute Gasteiger partial charge is 0.216 e. The molecule has 8 heteroatoms. The number of furan rings is 1. The molecule has 8 rings (SSSR count). The van der Waals surface area contributed by atoms with E-state index in [1.807, 2.05) is 68.6 Å². The molecule has 0 atom stereocenters. The van der Waals surface area contributed by atoms with Gasteiger partial charge in [0.25, 0.3) is 0 Å². The quantitative estimate of drug-likeness (QED) is 0.130. The first-order valence-electron chi connectivity index (χ1n) is 17.2. The van der Waals surface area contributed by atoms with Gasteiger partial charge < -0.3 is 8.98 Å². The van der Waals surface area contributed by atoms with Crippen molar-refractivity contribution in [3.8, 4) is 22.6 Å². The number of pyridine rings is 3. The average molecular weight is 911 g/mol. The van der Waals surface area contributed by atoms with Crippen LogP contribution in [0.1, 0.15) is 37.6 Å². The maximum Gasteiger partial charge on any atom is 0.216 e. The number of nitrogens with zero attached hydrogens (tertiary/aromatic N) is 5. The molecule has 0 unspecified atom stereocenters. The van der Waals surface area contributed by atoms with Crippen LogP contribution >= 0.6 is 0 Å². The Morgan fingerprint density at radius 2 is 1.65 bits per heavy atom. The van der Waals surface area contributed by atoms with Crippen molar-refractivity contribution in [2.75, 3.05) is 0 Å². The molecule has 8 aromatic rings. The van der Waals surface area contributed by atoms with E-state index in [4.69, 9.17) is 14.4 Å². The van der Waals surface area contributed by atoms with Crippen LogP contribution in [0.3, 0.4) is 0 Å². The van der Waals surface area contributed by atoms with Gasteiger partial charge in [0, 0.05) is 49.8 Å². The monoisotopic (exact) mass is 912 g/mol. The van der Waals surface area contributed by atoms with Crippen LogP contribution in [0.15, 0.2) is 89.6 Å². The zero-order chi connectivity index (χ0) is 35.4. The summed E-state index contributed by atoms with van der Waals surface area (Å²) in [7, 11) is 2.03. The van der Waals surface area contributed by atoms with Crippen molar-refractivity contribution in [1.82, 2.24) is 24.5 Å². The van der Waals surface area contributed by atoms with Crippen molar-refractivity contribution >= 4 is 61.7 Å². The van der Waals surface area contributed by atoms with Gasteiger partial charge in [-0.25, -0.2) is 4.98 Å². The SMILES string of the molecule is CC(C)(C)Cc1cc(-c2[c-]cccc2)nc[c]1[Ge]([CH3])([CH3])[CH3].Cc1ccc2c(ccc3nc(-c4[c-]cc(C)c5c4oc4ncccc45)n(C)c32)n1.[Ir]. The second kappa shape index (κ2) is 14.1. The van der Waals surface area contributed by atoms with Crippen LogP contribution in [-0.2, 0) is 33.6 Å². The molecule has 5 heterocycles. The molecule has 6 nitrogen and oxygen atoms in total. The molecule has 3 aromatic carbocycles. The fourth-order valence-electron chi connectivity index (χ4n) is 6.81. The van der Waals surface area contributed by atoms with E-state index in [1.165, 1.54) is 9.96 Å². The zero-order valence-electron chi connectivity index (χ0n) is 30.8. The number of imidazole rings is 1. The number of rotatable bonds is 4. The summed E-state index contributed by atoms with van der Waals surface area (Å²) in [5.41, 5.74) is 11.2. The van der Waals surface area contributed by atoms with E-state index in [-0.39, 0.29) is 20.1 Å². The third-order valence-corrected chi connectivity index (χ3v) is 13.4. The molecule has 0 saturated heterocycles. The van der Waals surface area contributed by atoms with E-state index < -0.39 is 13.3 Å². The standard InChI is InChI=1S/C24H17N4O.C19H26GeN.Ir/c1-13-6-8-17(22-20(13)16-5-4-12-25-24(16)29-22)23-27-19-11-10-18-15(21(19)28(23)3)9-7-14(2)26-18;1-19(2,3)13-16-12-18(15-10-8-7-9-11-15)21-14-17(16)20(4,5)6;/h4-7,9-12H,1-3H3;7-10,12,14H,13H2,1-6H3;/q2*-1;. The number of aryl methyl sites for hydroxylation is 3. The van der Waals surface area contributed by atoms with Crippen LogP contribution < -0.4 is 4.40 Å². The van der Waals surface area contributed by atoms with Crippen LogP contribution in [0.25, 0.3) is 66.7 Å². The molecule has 0 aliphatic carbocycles. The average Bonchev–Trinajstić information content (AvgIpc) is 3.63. The molecule has 0 N–H and O–H groups in total. The van der Waals surface area contributed by atoms with Gasteiger partial charge in [-0.05, 0) is 43.3 Å². The van der Waals surface area contributed by atoms with Gasteiger partial charge in [-0.15, -0.1) is 17.7 Å². The second-order valence-corrected chi connectivity index (χ2v) is 26.0. The van der Waals surface area contributed by atoms with Gasteiger partial charge in [-0.3, -0.25) is 9.97 Å². The zero-order valence-corrected chi connectivity index (χ0v) is 35.3. The Bertz CT molecular complexity index is 2520. The third-order valence-electron chi connectivity index (χ3n) is 9.09. The molecule has 51 heavy (non-hydrogen) atoms. The number of hydrogen-bond donors (Lipinski definition) is 0. The van der Waals surface area contributed by atoms with E-state index in [0.717, 1.165) is 78.6 Å². The summed E-state index contributed by atoms with van der Waals surface area (Å²) in [4.78, 5) is 18.7. The van der Waals surface area contributed by atoms with E-state index in [0.29, 0.717) is 11.1 Å². The first-order valence-corrected chi connectivity index (χ1v) is 24.5. The summed E-state index contributed by atoms with van der Waals surface area (Å²) in [5, 5.41) is 3.17. The van der Waals surface area contributed by atoms with E-state index in [1.54, 1.807) is 6.20 Å². The van der Waals surface area contributed by atoms with Crippen LogP contribution in [0, 0.1) is 31.4 Å². The van der Waals surface area contributed by atoms with Crippen LogP contribution in [-0.4, -0.2) is 37.8 Å². The van der Waals surface area contributed by atoms with Crippen molar-refractivity contribution in [2.45, 2.75) is 58.3 Å². The van der Waals surface area contributed by atoms with E-state index in [9.17, 15) is 0 Å². The van der Waals surface area contributed by atoms with Crippen LogP contribution in [0.4, 0.5) is 0 Å². The predicted molar refractivity (Wildman–Crippen MR) is 209 cm³/mol. The largest absolute Gasteiger partial charge is 0.486 e. The summed E-state index contributed by atoms with van der Waals surface area (Å²) >= 11 is -1.90. The van der Waals surface area contributed by atoms with E-state index in [2.05, 4.69) is 96.0 Å². The van der Waals surface area contributed by atoms with Crippen molar-refractivity contribution in [2.24, 2.45) is 12.5 Å². The van der Waals surface area contributed by atoms with Crippen molar-refractivity contribution in [3.05, 3.63) is 114 Å². The maximum atomic E-state index is 6.16. The minimum Gasteiger partial charge on any atom is -0.486 e. The molecule has 0 fully saturated rings. The van der Waals surface area contributed by atoms with Gasteiger partial charge in [-0.2, -0.15) is 0 Å². The van der Waals surface area contributed by atoms with Crippen molar-refractivity contribution in [3.63, 3.8) is 0 Å². The summed E-state index contributed by atoms with van der Waals surface area (Å²) in [6, 6.07) is 31.2. The molecule has 0 aliphatic rings. The number of benzene rings is 3. The molecular formula is C43H43GeIrN5O-2. The molecule has 1 radical (unpaired) electrons. The van der Waals surface area contributed by atoms with Crippen molar-refractivity contribution < 1.29 is 24.5 Å². The molecule has 0 spiro atoms. The summed E-state index contributed by atoms with van der Waals surface area (Å²) in [5.74, 6) is 8.14. The van der Waals surface area contributed by atoms with E-state index >= 15 is 0 Å². The second-order valence-electron chi connectivity index (χ2n) is 15.4. The molecule has 0 aliphatic heterocycles. The Morgan fingerprint density at radius 1 is 0.863 bits per heavy atom. The fraction of sp³-hybridized carbons (Fsp3) is 0.256. The minimum atomic E-state index is -1.90. The summed E-state index contributed by atoms with van der Waals surface area (Å²) in [6.45, 7) is 11.0. The van der Waals surface area contributed by atoms with Gasteiger partial charge in [0.2, 0.25) is 5.71 Å². The fourth-order valence-corrected chi connectivity index (χ4v) is 10.1. The minimum absolute atomic E-state index is 0. The number of fused-ring (bicyclic) bond motifs is 6. The molecule has 0 bridgehead atoms. The molecular weight excluding hydrogens is 867 g/mol. The number of aromatic nitrogens is 5. The van der Waals surface area contributed by atoms with Gasteiger partial charge in [0.05, 0.1) is 28.0 Å². The summed E-state index contributed by atoms with van der Waals surface area (Å²) in [6.07, 6.45) is 4.99. The number of hydrogen-bond acceptors (Lipinski definition) is 5. The Labute approximate surface area is 316 Å².